The maximum atomic E-state index is 14.4. The summed E-state index contributed by atoms with van der Waals surface area (Å²) in [5.41, 5.74) is 2.25. The zero-order chi connectivity index (χ0) is 22.4. The Bertz CT molecular complexity index is 938. The first-order valence-corrected chi connectivity index (χ1v) is 10.4. The number of nitrogens with zero attached hydrogens (tertiary/aromatic N) is 5. The van der Waals surface area contributed by atoms with Crippen molar-refractivity contribution in [1.29, 1.82) is 0 Å². The number of hydrogen-bond donors (Lipinski definition) is 0. The third kappa shape index (κ3) is 5.81. The lowest BCUT2D eigenvalue weighted by Crippen LogP contribution is -2.53. The van der Waals surface area contributed by atoms with Crippen LogP contribution < -0.4 is 4.90 Å². The van der Waals surface area contributed by atoms with Crippen molar-refractivity contribution >= 4 is 31.6 Å². The summed E-state index contributed by atoms with van der Waals surface area (Å²) in [4.78, 5) is 18.0. The van der Waals surface area contributed by atoms with Crippen LogP contribution in [0.15, 0.2) is 56.2 Å². The molecule has 2 fully saturated rings. The molecule has 2 unspecified atom stereocenters. The molecule has 164 valence electrons. The molecule has 0 N–H and O–H groups in total. The second-order valence-corrected chi connectivity index (χ2v) is 8.73. The predicted molar refractivity (Wildman–Crippen MR) is 126 cm³/mol. The third-order valence-electron chi connectivity index (χ3n) is 5.48. The van der Waals surface area contributed by atoms with Gasteiger partial charge in [0.2, 0.25) is 0 Å². The monoisotopic (exact) mass is 425 g/mol. The lowest BCUT2D eigenvalue weighted by molar-refractivity contribution is 0.273. The molecule has 5 nitrogen and oxygen atoms in total. The van der Waals surface area contributed by atoms with E-state index in [-0.39, 0.29) is 17.3 Å². The van der Waals surface area contributed by atoms with E-state index < -0.39 is 11.6 Å². The van der Waals surface area contributed by atoms with Gasteiger partial charge in [0.15, 0.2) is 11.6 Å². The topological polar surface area (TPSA) is 52.7 Å². The number of aliphatic imine (C=N–C) groups is 4. The lowest BCUT2D eigenvalue weighted by atomic mass is 9.84. The van der Waals surface area contributed by atoms with E-state index in [2.05, 4.69) is 47.3 Å². The molecule has 0 bridgehead atoms. The van der Waals surface area contributed by atoms with Crippen LogP contribution in [0.25, 0.3) is 0 Å². The quantitative estimate of drug-likeness (QED) is 0.390. The molecule has 1 heterocycles. The molecule has 1 saturated carbocycles. The summed E-state index contributed by atoms with van der Waals surface area (Å²) in [6, 6.07) is 3.12. The van der Waals surface area contributed by atoms with Crippen LogP contribution in [-0.4, -0.2) is 52.0 Å². The minimum Gasteiger partial charge on any atom is -0.368 e. The van der Waals surface area contributed by atoms with E-state index in [0.29, 0.717) is 18.8 Å². The normalized spacial score (nSPS) is 23.0. The van der Waals surface area contributed by atoms with Gasteiger partial charge in [-0.15, -0.1) is 0 Å². The molecule has 1 aromatic carbocycles. The molecule has 1 saturated heterocycles. The van der Waals surface area contributed by atoms with Gasteiger partial charge in [-0.3, -0.25) is 20.0 Å². The smallest absolute Gasteiger partial charge is 0.182 e. The van der Waals surface area contributed by atoms with Gasteiger partial charge in [0.1, 0.15) is 0 Å². The Balaban J connectivity index is 1.64. The van der Waals surface area contributed by atoms with E-state index >= 15 is 0 Å². The number of halogens is 2. The summed E-state index contributed by atoms with van der Waals surface area (Å²) in [6.45, 7) is 13.7. The zero-order valence-corrected chi connectivity index (χ0v) is 18.1. The van der Waals surface area contributed by atoms with Gasteiger partial charge in [0.25, 0.3) is 0 Å². The Hall–Kier alpha value is -2.96. The van der Waals surface area contributed by atoms with Crippen molar-refractivity contribution < 1.29 is 8.78 Å². The number of rotatable bonds is 10. The fraction of sp³-hybridized carbons (Fsp3) is 0.417. The van der Waals surface area contributed by atoms with Crippen LogP contribution in [0.4, 0.5) is 14.5 Å². The number of allylic oxidation sites excluding steroid dienone is 2. The number of hydrogen-bond acceptors (Lipinski definition) is 5. The predicted octanol–water partition coefficient (Wildman–Crippen LogP) is 4.85. The molecule has 1 aliphatic heterocycles. The zero-order valence-electron chi connectivity index (χ0n) is 18.1. The molecule has 0 amide bonds. The van der Waals surface area contributed by atoms with Gasteiger partial charge in [-0.05, 0) is 66.5 Å². The first-order chi connectivity index (χ1) is 14.9. The van der Waals surface area contributed by atoms with Crippen LogP contribution in [0.5, 0.6) is 0 Å². The lowest BCUT2D eigenvalue weighted by Gasteiger charge is -2.47. The molecule has 0 spiro atoms. The maximum Gasteiger partial charge on any atom is 0.182 e. The van der Waals surface area contributed by atoms with Crippen LogP contribution in [-0.2, 0) is 0 Å². The van der Waals surface area contributed by atoms with Gasteiger partial charge >= 0.3 is 0 Å². The Kier molecular flexibility index (Phi) is 7.25. The van der Waals surface area contributed by atoms with E-state index in [0.717, 1.165) is 30.6 Å². The molecule has 1 aliphatic carbocycles. The van der Waals surface area contributed by atoms with Crippen molar-refractivity contribution in [2.24, 2.45) is 31.3 Å². The van der Waals surface area contributed by atoms with Gasteiger partial charge < -0.3 is 4.90 Å². The highest BCUT2D eigenvalue weighted by atomic mass is 19.2. The van der Waals surface area contributed by atoms with Gasteiger partial charge in [-0.1, -0.05) is 13.8 Å². The van der Waals surface area contributed by atoms with Crippen LogP contribution >= 0.6 is 0 Å². The summed E-state index contributed by atoms with van der Waals surface area (Å²) in [7, 11) is 0. The molecular weight excluding hydrogens is 396 g/mol. The fourth-order valence-electron chi connectivity index (χ4n) is 3.98. The number of benzene rings is 1. The Labute approximate surface area is 182 Å². The molecule has 0 radical (unpaired) electrons. The van der Waals surface area contributed by atoms with E-state index in [1.165, 1.54) is 6.07 Å². The second kappa shape index (κ2) is 9.90. The van der Waals surface area contributed by atoms with Crippen molar-refractivity contribution in [2.75, 3.05) is 31.1 Å². The minimum absolute atomic E-state index is 0.122. The van der Waals surface area contributed by atoms with Gasteiger partial charge in [0.05, 0.1) is 18.8 Å². The standard InChI is InChI=1S/C24H29F2N5/c1-24(2)15-31(16-24)22-11-17(10-21(25)23(22)26)19-12-20(19)18(13-28-4)14-30-9-8-29-7-5-6-27-3/h5-7,10-11,13-14,19-20H,3-4,8-9,12,15-16H2,1-2H3/b6-5-,18-13+,29-7?,30-14?. The van der Waals surface area contributed by atoms with E-state index in [9.17, 15) is 8.78 Å². The molecule has 2 aliphatic rings. The van der Waals surface area contributed by atoms with E-state index in [1.807, 2.05) is 4.90 Å². The highest BCUT2D eigenvalue weighted by Gasteiger charge is 2.42. The third-order valence-corrected chi connectivity index (χ3v) is 5.48. The maximum absolute atomic E-state index is 14.4. The van der Waals surface area contributed by atoms with Crippen LogP contribution in [0, 0.1) is 23.0 Å². The van der Waals surface area contributed by atoms with Crippen molar-refractivity contribution in [3.05, 3.63) is 53.4 Å². The molecule has 3 rings (SSSR count). The van der Waals surface area contributed by atoms with Crippen molar-refractivity contribution in [2.45, 2.75) is 26.2 Å². The highest BCUT2D eigenvalue weighted by molar-refractivity contribution is 5.81. The largest absolute Gasteiger partial charge is 0.368 e. The first kappa shape index (κ1) is 22.7. The van der Waals surface area contributed by atoms with E-state index in [1.54, 1.807) is 37.0 Å². The van der Waals surface area contributed by atoms with Crippen molar-refractivity contribution in [1.82, 2.24) is 0 Å². The number of anilines is 1. The summed E-state index contributed by atoms with van der Waals surface area (Å²) in [5, 5.41) is 0. The Morgan fingerprint density at radius 1 is 1.16 bits per heavy atom. The molecule has 0 aromatic heterocycles. The van der Waals surface area contributed by atoms with E-state index in [4.69, 9.17) is 0 Å². The van der Waals surface area contributed by atoms with Gasteiger partial charge in [-0.25, -0.2) is 8.78 Å². The summed E-state index contributed by atoms with van der Waals surface area (Å²) < 4.78 is 28.7. The average Bonchev–Trinajstić information content (AvgIpc) is 3.50. The molecular formula is C24H29F2N5. The van der Waals surface area contributed by atoms with Crippen molar-refractivity contribution in [3.63, 3.8) is 0 Å². The SMILES string of the molecule is C=N/C=C\C=NCCN=C/C(=C\N=C)C1CC1c1cc(F)c(F)c(N2CC(C)(C)C2)c1. The Morgan fingerprint density at radius 3 is 2.58 bits per heavy atom. The van der Waals surface area contributed by atoms with Crippen molar-refractivity contribution in [3.8, 4) is 0 Å². The van der Waals surface area contributed by atoms with Crippen LogP contribution in [0.3, 0.4) is 0 Å². The fourth-order valence-corrected chi connectivity index (χ4v) is 3.98. The van der Waals surface area contributed by atoms with Gasteiger partial charge in [-0.2, -0.15) is 0 Å². The van der Waals surface area contributed by atoms with Gasteiger partial charge in [0, 0.05) is 37.9 Å². The Morgan fingerprint density at radius 2 is 1.90 bits per heavy atom. The highest BCUT2D eigenvalue weighted by Crippen LogP contribution is 2.52. The molecule has 2 atom stereocenters. The molecule has 31 heavy (non-hydrogen) atoms. The summed E-state index contributed by atoms with van der Waals surface area (Å²) in [6.07, 6.45) is 9.24. The van der Waals surface area contributed by atoms with Crippen LogP contribution in [0.2, 0.25) is 0 Å². The van der Waals surface area contributed by atoms with Crippen LogP contribution in [0.1, 0.15) is 31.7 Å². The first-order valence-electron chi connectivity index (χ1n) is 10.4. The average molecular weight is 426 g/mol. The molecule has 1 aromatic rings. The minimum atomic E-state index is -0.789. The summed E-state index contributed by atoms with van der Waals surface area (Å²) >= 11 is 0. The summed E-state index contributed by atoms with van der Waals surface area (Å²) in [5.74, 6) is -1.26. The second-order valence-electron chi connectivity index (χ2n) is 8.73. The molecule has 7 heteroatoms.